The molecule has 0 radical (unpaired) electrons. The summed E-state index contributed by atoms with van der Waals surface area (Å²) in [6.07, 6.45) is 5.22. The Balaban J connectivity index is 1.38. The van der Waals surface area contributed by atoms with Crippen LogP contribution in [0.1, 0.15) is 50.7 Å². The van der Waals surface area contributed by atoms with E-state index in [1.807, 2.05) is 26.0 Å². The number of fused-ring (bicyclic) bond motifs is 1. The zero-order valence-corrected chi connectivity index (χ0v) is 20.8. The maximum atomic E-state index is 13.2. The van der Waals surface area contributed by atoms with Gasteiger partial charge in [0.2, 0.25) is 15.9 Å². The molecule has 184 valence electrons. The number of nitrogens with one attached hydrogen (secondary N) is 1. The number of benzene rings is 2. The number of hydrogen-bond donors (Lipinski definition) is 1. The van der Waals surface area contributed by atoms with Crippen molar-refractivity contribution in [1.82, 2.24) is 4.31 Å². The van der Waals surface area contributed by atoms with Crippen molar-refractivity contribution >= 4 is 21.6 Å². The summed E-state index contributed by atoms with van der Waals surface area (Å²) in [6, 6.07) is 10.9. The van der Waals surface area contributed by atoms with E-state index in [9.17, 15) is 13.2 Å². The smallest absolute Gasteiger partial charge is 0.243 e. The molecular weight excluding hydrogens is 452 g/mol. The molecule has 0 unspecified atom stereocenters. The van der Waals surface area contributed by atoms with Crippen LogP contribution in [0.3, 0.4) is 0 Å². The van der Waals surface area contributed by atoms with E-state index in [2.05, 4.69) is 5.32 Å². The number of anilines is 1. The van der Waals surface area contributed by atoms with Crippen molar-refractivity contribution in [3.8, 4) is 11.5 Å². The topological polar surface area (TPSA) is 84.9 Å². The Morgan fingerprint density at radius 3 is 2.32 bits per heavy atom. The summed E-state index contributed by atoms with van der Waals surface area (Å²) in [5.41, 5.74) is 3.06. The predicted octanol–water partition coefficient (Wildman–Crippen LogP) is 4.40. The molecule has 2 aromatic carbocycles. The van der Waals surface area contributed by atoms with Crippen molar-refractivity contribution in [1.29, 1.82) is 0 Å². The van der Waals surface area contributed by atoms with Crippen LogP contribution in [-0.2, 0) is 27.7 Å². The van der Waals surface area contributed by atoms with Crippen LogP contribution in [0.15, 0.2) is 41.3 Å². The number of carbonyl (C=O) groups excluding carboxylic acids is 1. The summed E-state index contributed by atoms with van der Waals surface area (Å²) in [6.45, 7) is 5.50. The highest BCUT2D eigenvalue weighted by atomic mass is 32.2. The SMILES string of the molecule is CCOc1ccc(NC(=O)C2CCN(S(=O)(=O)c3ccc4c(c3)CCCC4)CC2)cc1OCC. The fourth-order valence-electron chi connectivity index (χ4n) is 4.75. The van der Waals surface area contributed by atoms with Gasteiger partial charge in [0, 0.05) is 30.8 Å². The fourth-order valence-corrected chi connectivity index (χ4v) is 6.27. The Morgan fingerprint density at radius 1 is 0.941 bits per heavy atom. The molecule has 7 nitrogen and oxygen atoms in total. The molecule has 0 spiro atoms. The van der Waals surface area contributed by atoms with Crippen molar-refractivity contribution < 1.29 is 22.7 Å². The van der Waals surface area contributed by atoms with Gasteiger partial charge in [-0.3, -0.25) is 4.79 Å². The van der Waals surface area contributed by atoms with Gasteiger partial charge < -0.3 is 14.8 Å². The second-order valence-corrected chi connectivity index (χ2v) is 10.8. The van der Waals surface area contributed by atoms with E-state index in [1.165, 1.54) is 9.87 Å². The number of sulfonamides is 1. The molecule has 8 heteroatoms. The Hall–Kier alpha value is -2.58. The first-order valence-electron chi connectivity index (χ1n) is 12.2. The number of aryl methyl sites for hydroxylation is 2. The van der Waals surface area contributed by atoms with Gasteiger partial charge in [-0.15, -0.1) is 0 Å². The summed E-state index contributed by atoms with van der Waals surface area (Å²) in [7, 11) is -3.55. The Labute approximate surface area is 202 Å². The molecule has 34 heavy (non-hydrogen) atoms. The van der Waals surface area contributed by atoms with Crippen molar-refractivity contribution in [2.24, 2.45) is 5.92 Å². The first-order valence-corrected chi connectivity index (χ1v) is 13.7. The monoisotopic (exact) mass is 486 g/mol. The highest BCUT2D eigenvalue weighted by Gasteiger charge is 2.32. The summed E-state index contributed by atoms with van der Waals surface area (Å²) in [4.78, 5) is 13.3. The molecule has 2 aromatic rings. The average molecular weight is 487 g/mol. The predicted molar refractivity (Wildman–Crippen MR) is 132 cm³/mol. The molecule has 4 rings (SSSR count). The van der Waals surface area contributed by atoms with E-state index in [0.29, 0.717) is 61.2 Å². The molecule has 1 aliphatic carbocycles. The molecule has 1 saturated heterocycles. The van der Waals surface area contributed by atoms with Crippen LogP contribution in [0.2, 0.25) is 0 Å². The van der Waals surface area contributed by atoms with Gasteiger partial charge in [0.15, 0.2) is 11.5 Å². The van der Waals surface area contributed by atoms with Crippen LogP contribution in [0.4, 0.5) is 5.69 Å². The van der Waals surface area contributed by atoms with Crippen LogP contribution >= 0.6 is 0 Å². The van der Waals surface area contributed by atoms with Crippen LogP contribution in [0.5, 0.6) is 11.5 Å². The minimum absolute atomic E-state index is 0.0996. The van der Waals surface area contributed by atoms with Crippen LogP contribution in [-0.4, -0.2) is 44.9 Å². The van der Waals surface area contributed by atoms with E-state index in [4.69, 9.17) is 9.47 Å². The third-order valence-corrected chi connectivity index (χ3v) is 8.49. The quantitative estimate of drug-likeness (QED) is 0.598. The van der Waals surface area contributed by atoms with Gasteiger partial charge in [-0.05, 0) is 87.8 Å². The van der Waals surface area contributed by atoms with E-state index in [0.717, 1.165) is 31.2 Å². The van der Waals surface area contributed by atoms with Gasteiger partial charge in [-0.25, -0.2) is 8.42 Å². The van der Waals surface area contributed by atoms with Gasteiger partial charge in [0.25, 0.3) is 0 Å². The summed E-state index contributed by atoms with van der Waals surface area (Å²) in [5.74, 6) is 0.894. The Kier molecular flexibility index (Phi) is 7.78. The second-order valence-electron chi connectivity index (χ2n) is 8.83. The lowest BCUT2D eigenvalue weighted by atomic mass is 9.92. The minimum atomic E-state index is -3.55. The lowest BCUT2D eigenvalue weighted by molar-refractivity contribution is -0.120. The van der Waals surface area contributed by atoms with Gasteiger partial charge in [0.1, 0.15) is 0 Å². The highest BCUT2D eigenvalue weighted by molar-refractivity contribution is 7.89. The molecule has 2 aliphatic rings. The molecule has 1 fully saturated rings. The standard InChI is InChI=1S/C26H34N2O5S/c1-3-32-24-12-10-22(18-25(24)33-4-2)27-26(29)20-13-15-28(16-14-20)34(30,31)23-11-9-19-7-5-6-8-21(19)17-23/h9-12,17-18,20H,3-8,13-16H2,1-2H3,(H,27,29). The molecule has 0 atom stereocenters. The van der Waals surface area contributed by atoms with Gasteiger partial charge in [-0.2, -0.15) is 4.31 Å². The normalized spacial score (nSPS) is 17.1. The number of carbonyl (C=O) groups is 1. The maximum absolute atomic E-state index is 13.2. The van der Waals surface area contributed by atoms with E-state index in [-0.39, 0.29) is 11.8 Å². The molecule has 1 aliphatic heterocycles. The second kappa shape index (κ2) is 10.8. The molecule has 0 aromatic heterocycles. The zero-order chi connectivity index (χ0) is 24.1. The lowest BCUT2D eigenvalue weighted by Gasteiger charge is -2.31. The van der Waals surface area contributed by atoms with E-state index < -0.39 is 10.0 Å². The molecule has 1 N–H and O–H groups in total. The average Bonchev–Trinajstić information content (AvgIpc) is 2.85. The maximum Gasteiger partial charge on any atom is 0.243 e. The largest absolute Gasteiger partial charge is 0.490 e. The van der Waals surface area contributed by atoms with Crippen LogP contribution < -0.4 is 14.8 Å². The number of amides is 1. The third kappa shape index (κ3) is 5.39. The first kappa shape index (κ1) is 24.5. The van der Waals surface area contributed by atoms with Gasteiger partial charge in [-0.1, -0.05) is 6.07 Å². The van der Waals surface area contributed by atoms with Gasteiger partial charge in [0.05, 0.1) is 18.1 Å². The number of rotatable bonds is 8. The minimum Gasteiger partial charge on any atom is -0.490 e. The zero-order valence-electron chi connectivity index (χ0n) is 20.0. The highest BCUT2D eigenvalue weighted by Crippen LogP contribution is 2.32. The van der Waals surface area contributed by atoms with Crippen LogP contribution in [0.25, 0.3) is 0 Å². The molecule has 0 bridgehead atoms. The number of ether oxygens (including phenoxy) is 2. The number of piperidine rings is 1. The van der Waals surface area contributed by atoms with Crippen molar-refractivity contribution in [2.45, 2.75) is 57.3 Å². The van der Waals surface area contributed by atoms with Crippen LogP contribution in [0, 0.1) is 5.92 Å². The third-order valence-electron chi connectivity index (χ3n) is 6.59. The summed E-state index contributed by atoms with van der Waals surface area (Å²) in [5, 5.41) is 2.96. The molecule has 0 saturated carbocycles. The molecule has 1 amide bonds. The van der Waals surface area contributed by atoms with Gasteiger partial charge >= 0.3 is 0 Å². The summed E-state index contributed by atoms with van der Waals surface area (Å²) >= 11 is 0. The molecular formula is C26H34N2O5S. The Bertz CT molecular complexity index is 1120. The fraction of sp³-hybridized carbons (Fsp3) is 0.500. The van der Waals surface area contributed by atoms with E-state index in [1.54, 1.807) is 24.3 Å². The van der Waals surface area contributed by atoms with E-state index >= 15 is 0 Å². The molecule has 1 heterocycles. The van der Waals surface area contributed by atoms with Crippen molar-refractivity contribution in [3.05, 3.63) is 47.5 Å². The summed E-state index contributed by atoms with van der Waals surface area (Å²) < 4.78 is 39.2. The van der Waals surface area contributed by atoms with Crippen molar-refractivity contribution in [3.63, 3.8) is 0 Å². The Morgan fingerprint density at radius 2 is 1.62 bits per heavy atom. The number of hydrogen-bond acceptors (Lipinski definition) is 5. The van der Waals surface area contributed by atoms with Crippen molar-refractivity contribution in [2.75, 3.05) is 31.6 Å². The number of nitrogens with zero attached hydrogens (tertiary/aromatic N) is 1. The lowest BCUT2D eigenvalue weighted by Crippen LogP contribution is -2.41. The first-order chi connectivity index (χ1) is 16.4.